The van der Waals surface area contributed by atoms with Crippen molar-refractivity contribution in [2.45, 2.75) is 49.8 Å². The van der Waals surface area contributed by atoms with Gasteiger partial charge in [-0.1, -0.05) is 48.0 Å². The Morgan fingerprint density at radius 2 is 1.64 bits per heavy atom. The topological polar surface area (TPSA) is 87.7 Å². The molecule has 6 nitrogen and oxygen atoms in total. The number of hydrogen-bond donors (Lipinski definition) is 3. The number of nitrogens with one attached hydrogen (secondary N) is 2. The standard InChI is InChI=1S/C26H30N2O4S/c1-18-8-14-21(15-9-18)33(30,31)28-20-12-10-19(11-13-20)16-17-27-24-22-6-4-5-7-23(22)32-26(2,3)25(24)29/h4-15,24-25,27-29H,16-17H2,1-3H3. The first kappa shape index (κ1) is 23.3. The number of aryl methyl sites for hydroxylation is 1. The first-order valence-corrected chi connectivity index (χ1v) is 12.5. The largest absolute Gasteiger partial charge is 0.485 e. The molecule has 0 amide bonds. The van der Waals surface area contributed by atoms with E-state index in [1.165, 1.54) is 0 Å². The molecule has 33 heavy (non-hydrogen) atoms. The first-order valence-electron chi connectivity index (χ1n) is 11.0. The normalized spacial score (nSPS) is 19.4. The third-order valence-corrected chi connectivity index (χ3v) is 7.37. The number of para-hydroxylation sites is 1. The number of sulfonamides is 1. The lowest BCUT2D eigenvalue weighted by Crippen LogP contribution is -2.52. The van der Waals surface area contributed by atoms with Crippen molar-refractivity contribution >= 4 is 15.7 Å². The van der Waals surface area contributed by atoms with Gasteiger partial charge in [-0.05, 0) is 69.6 Å². The van der Waals surface area contributed by atoms with Crippen molar-refractivity contribution in [2.75, 3.05) is 11.3 Å². The van der Waals surface area contributed by atoms with Gasteiger partial charge in [0.25, 0.3) is 10.0 Å². The number of aliphatic hydroxyl groups is 1. The third-order valence-electron chi connectivity index (χ3n) is 5.97. The lowest BCUT2D eigenvalue weighted by molar-refractivity contribution is -0.0643. The smallest absolute Gasteiger partial charge is 0.261 e. The fraction of sp³-hybridized carbons (Fsp3) is 0.308. The molecule has 174 valence electrons. The van der Waals surface area contributed by atoms with Gasteiger partial charge >= 0.3 is 0 Å². The van der Waals surface area contributed by atoms with Crippen LogP contribution in [-0.2, 0) is 16.4 Å². The second kappa shape index (κ2) is 9.17. The molecule has 0 saturated heterocycles. The zero-order valence-corrected chi connectivity index (χ0v) is 19.9. The van der Waals surface area contributed by atoms with Gasteiger partial charge in [0.05, 0.1) is 10.9 Å². The summed E-state index contributed by atoms with van der Waals surface area (Å²) in [5.74, 6) is 0.788. The monoisotopic (exact) mass is 466 g/mol. The van der Waals surface area contributed by atoms with E-state index in [2.05, 4.69) is 10.0 Å². The van der Waals surface area contributed by atoms with Crippen LogP contribution in [0.5, 0.6) is 5.75 Å². The average molecular weight is 467 g/mol. The molecule has 0 fully saturated rings. The summed E-state index contributed by atoms with van der Waals surface area (Å²) in [6.45, 7) is 6.34. The van der Waals surface area contributed by atoms with Crippen molar-refractivity contribution in [1.29, 1.82) is 0 Å². The van der Waals surface area contributed by atoms with Crippen molar-refractivity contribution < 1.29 is 18.3 Å². The lowest BCUT2D eigenvalue weighted by atomic mass is 9.86. The molecule has 0 spiro atoms. The van der Waals surface area contributed by atoms with E-state index in [0.29, 0.717) is 12.2 Å². The van der Waals surface area contributed by atoms with Gasteiger partial charge in [-0.3, -0.25) is 4.72 Å². The van der Waals surface area contributed by atoms with Crippen LogP contribution in [0.1, 0.15) is 36.6 Å². The Morgan fingerprint density at radius 3 is 2.33 bits per heavy atom. The van der Waals surface area contributed by atoms with Gasteiger partial charge < -0.3 is 15.2 Å². The number of ether oxygens (including phenoxy) is 1. The Balaban J connectivity index is 1.38. The minimum atomic E-state index is -3.62. The van der Waals surface area contributed by atoms with Crippen LogP contribution in [-0.4, -0.2) is 31.8 Å². The summed E-state index contributed by atoms with van der Waals surface area (Å²) in [5.41, 5.74) is 2.84. The minimum Gasteiger partial charge on any atom is -0.485 e. The van der Waals surface area contributed by atoms with E-state index in [-0.39, 0.29) is 10.9 Å². The summed E-state index contributed by atoms with van der Waals surface area (Å²) in [4.78, 5) is 0.236. The molecule has 0 bridgehead atoms. The molecule has 3 N–H and O–H groups in total. The van der Waals surface area contributed by atoms with Crippen LogP contribution >= 0.6 is 0 Å². The van der Waals surface area contributed by atoms with Crippen molar-refractivity contribution in [1.82, 2.24) is 5.32 Å². The molecule has 1 aliphatic heterocycles. The van der Waals surface area contributed by atoms with Crippen LogP contribution in [0.4, 0.5) is 5.69 Å². The molecule has 4 rings (SSSR count). The van der Waals surface area contributed by atoms with Gasteiger partial charge in [0, 0.05) is 11.3 Å². The Morgan fingerprint density at radius 1 is 0.970 bits per heavy atom. The Labute approximate surface area is 195 Å². The van der Waals surface area contributed by atoms with Crippen LogP contribution in [0.2, 0.25) is 0 Å². The SMILES string of the molecule is Cc1ccc(S(=O)(=O)Nc2ccc(CCNC3c4ccccc4OC(C)(C)C3O)cc2)cc1. The maximum Gasteiger partial charge on any atom is 0.261 e. The maximum atomic E-state index is 12.6. The highest BCUT2D eigenvalue weighted by atomic mass is 32.2. The van der Waals surface area contributed by atoms with Crippen LogP contribution in [0.3, 0.4) is 0 Å². The summed E-state index contributed by atoms with van der Waals surface area (Å²) in [7, 11) is -3.62. The van der Waals surface area contributed by atoms with E-state index in [9.17, 15) is 13.5 Å². The average Bonchev–Trinajstić information content (AvgIpc) is 2.77. The van der Waals surface area contributed by atoms with Gasteiger partial charge in [-0.25, -0.2) is 8.42 Å². The molecule has 7 heteroatoms. The second-order valence-electron chi connectivity index (χ2n) is 8.99. The number of benzene rings is 3. The summed E-state index contributed by atoms with van der Waals surface area (Å²) in [5, 5.41) is 14.3. The molecule has 0 aliphatic carbocycles. The minimum absolute atomic E-state index is 0.231. The van der Waals surface area contributed by atoms with Gasteiger partial charge in [-0.15, -0.1) is 0 Å². The Bertz CT molecular complexity index is 1210. The highest BCUT2D eigenvalue weighted by Crippen LogP contribution is 2.39. The Kier molecular flexibility index (Phi) is 6.47. The number of rotatable bonds is 7. The van der Waals surface area contributed by atoms with E-state index in [1.54, 1.807) is 36.4 Å². The summed E-state index contributed by atoms with van der Waals surface area (Å²) in [6, 6.07) is 21.6. The zero-order chi connectivity index (χ0) is 23.6. The van der Waals surface area contributed by atoms with Crippen molar-refractivity contribution in [3.8, 4) is 5.75 Å². The fourth-order valence-corrected chi connectivity index (χ4v) is 5.07. The molecule has 3 aromatic rings. The van der Waals surface area contributed by atoms with Crippen molar-refractivity contribution in [2.24, 2.45) is 0 Å². The highest BCUT2D eigenvalue weighted by Gasteiger charge is 2.42. The highest BCUT2D eigenvalue weighted by molar-refractivity contribution is 7.92. The fourth-order valence-electron chi connectivity index (χ4n) is 4.01. The van der Waals surface area contributed by atoms with Gasteiger partial charge in [-0.2, -0.15) is 0 Å². The van der Waals surface area contributed by atoms with E-state index >= 15 is 0 Å². The Hall–Kier alpha value is -2.87. The summed E-state index contributed by atoms with van der Waals surface area (Å²) >= 11 is 0. The van der Waals surface area contributed by atoms with Crippen LogP contribution in [0.25, 0.3) is 0 Å². The number of hydrogen-bond acceptors (Lipinski definition) is 5. The van der Waals surface area contributed by atoms with E-state index < -0.39 is 21.7 Å². The van der Waals surface area contributed by atoms with Crippen LogP contribution in [0, 0.1) is 6.92 Å². The first-order chi connectivity index (χ1) is 15.7. The van der Waals surface area contributed by atoms with Gasteiger partial charge in [0.1, 0.15) is 17.5 Å². The molecule has 1 heterocycles. The lowest BCUT2D eigenvalue weighted by Gasteiger charge is -2.42. The van der Waals surface area contributed by atoms with Crippen LogP contribution in [0.15, 0.2) is 77.7 Å². The molecule has 2 unspecified atom stereocenters. The number of aliphatic hydroxyl groups excluding tert-OH is 1. The number of fused-ring (bicyclic) bond motifs is 1. The van der Waals surface area contributed by atoms with Gasteiger partial charge in [0.2, 0.25) is 0 Å². The molecule has 0 radical (unpaired) electrons. The van der Waals surface area contributed by atoms with Gasteiger partial charge in [0.15, 0.2) is 0 Å². The van der Waals surface area contributed by atoms with E-state index in [1.807, 2.05) is 57.2 Å². The zero-order valence-electron chi connectivity index (χ0n) is 19.1. The quantitative estimate of drug-likeness (QED) is 0.486. The van der Waals surface area contributed by atoms with Crippen LogP contribution < -0.4 is 14.8 Å². The molecule has 0 aromatic heterocycles. The summed E-state index contributed by atoms with van der Waals surface area (Å²) in [6.07, 6.45) is 0.0449. The molecule has 2 atom stereocenters. The third kappa shape index (κ3) is 5.21. The second-order valence-corrected chi connectivity index (χ2v) is 10.7. The molecule has 3 aromatic carbocycles. The molecule has 0 saturated carbocycles. The number of anilines is 1. The molecular weight excluding hydrogens is 436 g/mol. The van der Waals surface area contributed by atoms with Crippen molar-refractivity contribution in [3.05, 3.63) is 89.5 Å². The molecule has 1 aliphatic rings. The molecular formula is C26H30N2O4S. The predicted octanol–water partition coefficient (Wildman–Crippen LogP) is 4.20. The van der Waals surface area contributed by atoms with E-state index in [0.717, 1.165) is 28.9 Å². The summed E-state index contributed by atoms with van der Waals surface area (Å²) < 4.78 is 33.7. The van der Waals surface area contributed by atoms with E-state index in [4.69, 9.17) is 4.74 Å². The predicted molar refractivity (Wildman–Crippen MR) is 130 cm³/mol. The van der Waals surface area contributed by atoms with Crippen molar-refractivity contribution in [3.63, 3.8) is 0 Å². The maximum absolute atomic E-state index is 12.6.